The van der Waals surface area contributed by atoms with Gasteiger partial charge in [-0.25, -0.2) is 4.68 Å². The van der Waals surface area contributed by atoms with Gasteiger partial charge in [0.05, 0.1) is 5.69 Å². The molecule has 2 atom stereocenters. The Labute approximate surface area is 133 Å². The standard InChI is InChI=1S/C15H18N4O4/c1-18(2)15(23)13(21)12(20)14(22)17-10-4-6-11(7-5-10)19-9-3-8-16-19/h3-9,12-13,20-21H,1-2H3,(H,17,22)/t12?,13-/m1/s1. The number of anilines is 1. The van der Waals surface area contributed by atoms with Crippen LogP contribution < -0.4 is 5.32 Å². The van der Waals surface area contributed by atoms with Gasteiger partial charge in [-0.3, -0.25) is 9.59 Å². The highest BCUT2D eigenvalue weighted by atomic mass is 16.3. The maximum Gasteiger partial charge on any atom is 0.256 e. The van der Waals surface area contributed by atoms with Gasteiger partial charge in [-0.05, 0) is 30.3 Å². The molecule has 1 heterocycles. The molecule has 2 aromatic rings. The molecule has 8 nitrogen and oxygen atoms in total. The quantitative estimate of drug-likeness (QED) is 0.696. The third-order valence-electron chi connectivity index (χ3n) is 3.17. The molecule has 0 saturated heterocycles. The Balaban J connectivity index is 2.01. The highest BCUT2D eigenvalue weighted by Crippen LogP contribution is 2.13. The van der Waals surface area contributed by atoms with Gasteiger partial charge in [0.25, 0.3) is 11.8 Å². The number of carbonyl (C=O) groups excluding carboxylic acids is 2. The zero-order chi connectivity index (χ0) is 17.0. The highest BCUT2D eigenvalue weighted by molar-refractivity contribution is 5.98. The molecule has 1 aromatic carbocycles. The first kappa shape index (κ1) is 16.7. The van der Waals surface area contributed by atoms with Gasteiger partial charge in [-0.2, -0.15) is 5.10 Å². The van der Waals surface area contributed by atoms with Gasteiger partial charge in [0.2, 0.25) is 0 Å². The van der Waals surface area contributed by atoms with Gasteiger partial charge in [0.15, 0.2) is 12.2 Å². The fraction of sp³-hybridized carbons (Fsp3) is 0.267. The Morgan fingerprint density at radius 2 is 1.83 bits per heavy atom. The number of carbonyl (C=O) groups is 2. The number of aliphatic hydroxyl groups excluding tert-OH is 2. The van der Waals surface area contributed by atoms with Crippen LogP contribution in [0.1, 0.15) is 0 Å². The van der Waals surface area contributed by atoms with Crippen LogP contribution in [-0.4, -0.2) is 63.0 Å². The number of hydrogen-bond donors (Lipinski definition) is 3. The number of nitrogens with one attached hydrogen (secondary N) is 1. The number of aliphatic hydroxyl groups is 2. The predicted octanol–water partition coefficient (Wildman–Crippen LogP) is -0.379. The molecule has 0 saturated carbocycles. The Kier molecular flexibility index (Phi) is 5.09. The van der Waals surface area contributed by atoms with E-state index in [-0.39, 0.29) is 0 Å². The summed E-state index contributed by atoms with van der Waals surface area (Å²) >= 11 is 0. The van der Waals surface area contributed by atoms with E-state index in [1.165, 1.54) is 14.1 Å². The fourth-order valence-corrected chi connectivity index (χ4v) is 1.88. The van der Waals surface area contributed by atoms with Crippen molar-refractivity contribution in [1.82, 2.24) is 14.7 Å². The smallest absolute Gasteiger partial charge is 0.256 e. The minimum absolute atomic E-state index is 0.425. The molecule has 1 aromatic heterocycles. The molecule has 3 N–H and O–H groups in total. The Hall–Kier alpha value is -2.71. The van der Waals surface area contributed by atoms with Crippen molar-refractivity contribution in [3.05, 3.63) is 42.7 Å². The van der Waals surface area contributed by atoms with Crippen LogP contribution in [0.4, 0.5) is 5.69 Å². The summed E-state index contributed by atoms with van der Waals surface area (Å²) in [6.07, 6.45) is -0.237. The number of likely N-dealkylation sites (N-methyl/N-ethyl adjacent to an activating group) is 1. The number of rotatable bonds is 5. The lowest BCUT2D eigenvalue weighted by atomic mass is 10.1. The average molecular weight is 318 g/mol. The van der Waals surface area contributed by atoms with Crippen LogP contribution in [0.5, 0.6) is 0 Å². The molecule has 0 aliphatic carbocycles. The van der Waals surface area contributed by atoms with Crippen molar-refractivity contribution in [2.75, 3.05) is 19.4 Å². The van der Waals surface area contributed by atoms with E-state index >= 15 is 0 Å². The van der Waals surface area contributed by atoms with Crippen molar-refractivity contribution < 1.29 is 19.8 Å². The van der Waals surface area contributed by atoms with Crippen molar-refractivity contribution in [1.29, 1.82) is 0 Å². The minimum Gasteiger partial charge on any atom is -0.380 e. The second-order valence-corrected chi connectivity index (χ2v) is 5.11. The lowest BCUT2D eigenvalue weighted by Gasteiger charge is -2.20. The molecule has 0 bridgehead atoms. The number of nitrogens with zero attached hydrogens (tertiary/aromatic N) is 3. The first-order valence-corrected chi connectivity index (χ1v) is 6.88. The van der Waals surface area contributed by atoms with Crippen LogP contribution >= 0.6 is 0 Å². The third kappa shape index (κ3) is 3.93. The molecule has 0 radical (unpaired) electrons. The van der Waals surface area contributed by atoms with E-state index in [0.717, 1.165) is 10.6 Å². The summed E-state index contributed by atoms with van der Waals surface area (Å²) in [5.41, 5.74) is 1.23. The Morgan fingerprint density at radius 1 is 1.17 bits per heavy atom. The maximum absolute atomic E-state index is 11.9. The van der Waals surface area contributed by atoms with E-state index in [9.17, 15) is 19.8 Å². The predicted molar refractivity (Wildman–Crippen MR) is 82.9 cm³/mol. The summed E-state index contributed by atoms with van der Waals surface area (Å²) in [7, 11) is 2.84. The van der Waals surface area contributed by atoms with Crippen LogP contribution in [0.15, 0.2) is 42.7 Å². The van der Waals surface area contributed by atoms with Gasteiger partial charge in [0, 0.05) is 32.2 Å². The fourth-order valence-electron chi connectivity index (χ4n) is 1.88. The lowest BCUT2D eigenvalue weighted by Crippen LogP contribution is -2.47. The molecule has 23 heavy (non-hydrogen) atoms. The minimum atomic E-state index is -1.85. The maximum atomic E-state index is 11.9. The molecular formula is C15H18N4O4. The molecule has 0 aliphatic heterocycles. The molecule has 8 heteroatoms. The Morgan fingerprint density at radius 3 is 2.35 bits per heavy atom. The largest absolute Gasteiger partial charge is 0.380 e. The zero-order valence-corrected chi connectivity index (χ0v) is 12.7. The molecule has 0 spiro atoms. The number of aromatic nitrogens is 2. The van der Waals surface area contributed by atoms with E-state index in [1.54, 1.807) is 47.4 Å². The topological polar surface area (TPSA) is 108 Å². The average Bonchev–Trinajstić information content (AvgIpc) is 3.07. The van der Waals surface area contributed by atoms with Gasteiger partial charge >= 0.3 is 0 Å². The number of hydrogen-bond acceptors (Lipinski definition) is 5. The molecule has 0 fully saturated rings. The van der Waals surface area contributed by atoms with Crippen LogP contribution in [0.25, 0.3) is 5.69 Å². The van der Waals surface area contributed by atoms with Crippen molar-refractivity contribution in [3.63, 3.8) is 0 Å². The summed E-state index contributed by atoms with van der Waals surface area (Å²) < 4.78 is 1.65. The summed E-state index contributed by atoms with van der Waals surface area (Å²) in [6.45, 7) is 0. The molecule has 122 valence electrons. The van der Waals surface area contributed by atoms with Crippen LogP contribution in [0.3, 0.4) is 0 Å². The molecule has 1 unspecified atom stereocenters. The van der Waals surface area contributed by atoms with E-state index in [1.807, 2.05) is 0 Å². The summed E-state index contributed by atoms with van der Waals surface area (Å²) in [4.78, 5) is 24.5. The summed E-state index contributed by atoms with van der Waals surface area (Å²) in [5, 5.41) is 25.9. The monoisotopic (exact) mass is 318 g/mol. The molecule has 2 rings (SSSR count). The van der Waals surface area contributed by atoms with Gasteiger partial charge in [0.1, 0.15) is 0 Å². The number of benzene rings is 1. The second kappa shape index (κ2) is 7.03. The van der Waals surface area contributed by atoms with Crippen LogP contribution in [-0.2, 0) is 9.59 Å². The van der Waals surface area contributed by atoms with Gasteiger partial charge < -0.3 is 20.4 Å². The summed E-state index contributed by atoms with van der Waals surface area (Å²) in [5.74, 6) is -1.61. The first-order valence-electron chi connectivity index (χ1n) is 6.88. The van der Waals surface area contributed by atoms with E-state index < -0.39 is 24.0 Å². The SMILES string of the molecule is CN(C)C(=O)[C@H](O)C(O)C(=O)Nc1ccc(-n2cccn2)cc1. The van der Waals surface area contributed by atoms with Crippen molar-refractivity contribution in [3.8, 4) is 5.69 Å². The van der Waals surface area contributed by atoms with Gasteiger partial charge in [-0.1, -0.05) is 0 Å². The normalized spacial score (nSPS) is 13.2. The Bertz CT molecular complexity index is 667. The van der Waals surface area contributed by atoms with Crippen molar-refractivity contribution in [2.24, 2.45) is 0 Å². The first-order chi connectivity index (χ1) is 10.9. The van der Waals surface area contributed by atoms with Crippen LogP contribution in [0.2, 0.25) is 0 Å². The van der Waals surface area contributed by atoms with E-state index in [2.05, 4.69) is 10.4 Å². The molecule has 2 amide bonds. The van der Waals surface area contributed by atoms with E-state index in [4.69, 9.17) is 0 Å². The van der Waals surface area contributed by atoms with Gasteiger partial charge in [-0.15, -0.1) is 0 Å². The van der Waals surface area contributed by atoms with Crippen molar-refractivity contribution in [2.45, 2.75) is 12.2 Å². The van der Waals surface area contributed by atoms with Crippen LogP contribution in [0, 0.1) is 0 Å². The molecule has 0 aliphatic rings. The third-order valence-corrected chi connectivity index (χ3v) is 3.17. The summed E-state index contributed by atoms with van der Waals surface area (Å²) in [6, 6.07) is 8.51. The van der Waals surface area contributed by atoms with E-state index in [0.29, 0.717) is 5.69 Å². The lowest BCUT2D eigenvalue weighted by molar-refractivity contribution is -0.149. The second-order valence-electron chi connectivity index (χ2n) is 5.11. The molecular weight excluding hydrogens is 300 g/mol. The van der Waals surface area contributed by atoms with Crippen molar-refractivity contribution >= 4 is 17.5 Å². The highest BCUT2D eigenvalue weighted by Gasteiger charge is 2.31. The zero-order valence-electron chi connectivity index (χ0n) is 12.7. The number of amides is 2.